The SMILES string of the molecule is Cc1nc(-c2ccccc2)nc(Nc2cccc(C(=O)O)c2)c1C. The Balaban J connectivity index is 2.00. The van der Waals surface area contributed by atoms with Crippen molar-refractivity contribution in [2.75, 3.05) is 5.32 Å². The standard InChI is InChI=1S/C19H17N3O2/c1-12-13(2)20-18(14-7-4-3-5-8-14)22-17(12)21-16-10-6-9-15(11-16)19(23)24/h3-11H,1-2H3,(H,23,24)(H,20,21,22). The van der Waals surface area contributed by atoms with Crippen LogP contribution >= 0.6 is 0 Å². The third-order valence-corrected chi connectivity index (χ3v) is 3.79. The van der Waals surface area contributed by atoms with Crippen LogP contribution in [0.15, 0.2) is 54.6 Å². The van der Waals surface area contributed by atoms with Gasteiger partial charge in [-0.25, -0.2) is 14.8 Å². The third-order valence-electron chi connectivity index (χ3n) is 3.79. The van der Waals surface area contributed by atoms with E-state index < -0.39 is 5.97 Å². The minimum absolute atomic E-state index is 0.228. The van der Waals surface area contributed by atoms with E-state index >= 15 is 0 Å². The van der Waals surface area contributed by atoms with Crippen molar-refractivity contribution in [3.05, 3.63) is 71.4 Å². The van der Waals surface area contributed by atoms with E-state index in [-0.39, 0.29) is 5.56 Å². The van der Waals surface area contributed by atoms with E-state index in [0.717, 1.165) is 16.8 Å². The van der Waals surface area contributed by atoms with Crippen molar-refractivity contribution in [2.24, 2.45) is 0 Å². The van der Waals surface area contributed by atoms with Crippen LogP contribution in [-0.4, -0.2) is 21.0 Å². The van der Waals surface area contributed by atoms with Crippen molar-refractivity contribution >= 4 is 17.5 Å². The van der Waals surface area contributed by atoms with Gasteiger partial charge in [0.2, 0.25) is 0 Å². The maximum absolute atomic E-state index is 11.1. The molecule has 2 aromatic carbocycles. The van der Waals surface area contributed by atoms with Gasteiger partial charge in [-0.15, -0.1) is 0 Å². The van der Waals surface area contributed by atoms with E-state index in [2.05, 4.69) is 15.3 Å². The zero-order valence-corrected chi connectivity index (χ0v) is 13.4. The van der Waals surface area contributed by atoms with Gasteiger partial charge in [0.15, 0.2) is 5.82 Å². The second-order valence-corrected chi connectivity index (χ2v) is 5.48. The Hall–Kier alpha value is -3.21. The largest absolute Gasteiger partial charge is 0.478 e. The number of nitrogens with one attached hydrogen (secondary N) is 1. The number of hydrogen-bond acceptors (Lipinski definition) is 4. The Kier molecular flexibility index (Phi) is 4.24. The molecule has 3 aromatic rings. The molecule has 0 spiro atoms. The first kappa shape index (κ1) is 15.7. The minimum atomic E-state index is -0.959. The van der Waals surface area contributed by atoms with E-state index in [1.807, 2.05) is 50.2 Å². The molecule has 5 heteroatoms. The van der Waals surface area contributed by atoms with Crippen LogP contribution in [0, 0.1) is 13.8 Å². The van der Waals surface area contributed by atoms with Crippen LogP contribution in [0.2, 0.25) is 0 Å². The van der Waals surface area contributed by atoms with Gasteiger partial charge in [-0.1, -0.05) is 36.4 Å². The van der Waals surface area contributed by atoms with E-state index in [0.29, 0.717) is 17.3 Å². The lowest BCUT2D eigenvalue weighted by Crippen LogP contribution is -2.04. The summed E-state index contributed by atoms with van der Waals surface area (Å²) >= 11 is 0. The highest BCUT2D eigenvalue weighted by Crippen LogP contribution is 2.24. The molecular weight excluding hydrogens is 302 g/mol. The molecule has 1 heterocycles. The van der Waals surface area contributed by atoms with Crippen molar-refractivity contribution in [2.45, 2.75) is 13.8 Å². The Labute approximate surface area is 140 Å². The molecular formula is C19H17N3O2. The second kappa shape index (κ2) is 6.50. The average Bonchev–Trinajstić information content (AvgIpc) is 2.59. The normalized spacial score (nSPS) is 10.4. The number of rotatable bonds is 4. The van der Waals surface area contributed by atoms with Crippen molar-refractivity contribution in [1.29, 1.82) is 0 Å². The number of carbonyl (C=O) groups is 1. The quantitative estimate of drug-likeness (QED) is 0.753. The van der Waals surface area contributed by atoms with Crippen LogP contribution in [-0.2, 0) is 0 Å². The number of benzene rings is 2. The summed E-state index contributed by atoms with van der Waals surface area (Å²) in [6.07, 6.45) is 0. The number of aromatic nitrogens is 2. The van der Waals surface area contributed by atoms with Crippen molar-refractivity contribution in [3.63, 3.8) is 0 Å². The van der Waals surface area contributed by atoms with Gasteiger partial charge >= 0.3 is 5.97 Å². The van der Waals surface area contributed by atoms with Crippen molar-refractivity contribution in [1.82, 2.24) is 9.97 Å². The summed E-state index contributed by atoms with van der Waals surface area (Å²) in [5.41, 5.74) is 3.64. The van der Waals surface area contributed by atoms with Gasteiger partial charge in [-0.2, -0.15) is 0 Å². The van der Waals surface area contributed by atoms with E-state index in [1.165, 1.54) is 0 Å². The monoisotopic (exact) mass is 319 g/mol. The molecule has 0 aliphatic rings. The summed E-state index contributed by atoms with van der Waals surface area (Å²) < 4.78 is 0. The number of carboxylic acid groups (broad SMARTS) is 1. The summed E-state index contributed by atoms with van der Waals surface area (Å²) in [7, 11) is 0. The lowest BCUT2D eigenvalue weighted by Gasteiger charge is -2.13. The van der Waals surface area contributed by atoms with Crippen LogP contribution in [0.25, 0.3) is 11.4 Å². The minimum Gasteiger partial charge on any atom is -0.478 e. The zero-order valence-electron chi connectivity index (χ0n) is 13.4. The molecule has 0 unspecified atom stereocenters. The number of aromatic carboxylic acids is 1. The zero-order chi connectivity index (χ0) is 17.1. The van der Waals surface area contributed by atoms with E-state index in [4.69, 9.17) is 5.11 Å². The molecule has 0 fully saturated rings. The Morgan fingerprint density at radius 1 is 1.00 bits per heavy atom. The lowest BCUT2D eigenvalue weighted by atomic mass is 10.1. The topological polar surface area (TPSA) is 75.1 Å². The number of carboxylic acids is 1. The van der Waals surface area contributed by atoms with Gasteiger partial charge in [0, 0.05) is 22.5 Å². The van der Waals surface area contributed by atoms with Crippen LogP contribution < -0.4 is 5.32 Å². The number of nitrogens with zero attached hydrogens (tertiary/aromatic N) is 2. The van der Waals surface area contributed by atoms with Crippen LogP contribution in [0.5, 0.6) is 0 Å². The summed E-state index contributed by atoms with van der Waals surface area (Å²) in [4.78, 5) is 20.3. The third kappa shape index (κ3) is 3.25. The van der Waals surface area contributed by atoms with Gasteiger partial charge in [-0.05, 0) is 32.0 Å². The van der Waals surface area contributed by atoms with Crippen LogP contribution in [0.3, 0.4) is 0 Å². The van der Waals surface area contributed by atoms with Crippen molar-refractivity contribution < 1.29 is 9.90 Å². The Bertz CT molecular complexity index is 892. The smallest absolute Gasteiger partial charge is 0.335 e. The maximum Gasteiger partial charge on any atom is 0.335 e. The predicted octanol–water partition coefficient (Wildman–Crippen LogP) is 4.20. The first-order valence-electron chi connectivity index (χ1n) is 7.55. The highest BCUT2D eigenvalue weighted by Gasteiger charge is 2.11. The second-order valence-electron chi connectivity index (χ2n) is 5.48. The molecule has 2 N–H and O–H groups in total. The molecule has 0 aliphatic heterocycles. The number of aryl methyl sites for hydroxylation is 1. The summed E-state index contributed by atoms with van der Waals surface area (Å²) in [5, 5.41) is 12.3. The van der Waals surface area contributed by atoms with Crippen LogP contribution in [0.4, 0.5) is 11.5 Å². The van der Waals surface area contributed by atoms with E-state index in [9.17, 15) is 4.79 Å². The highest BCUT2D eigenvalue weighted by molar-refractivity contribution is 5.89. The van der Waals surface area contributed by atoms with Crippen molar-refractivity contribution in [3.8, 4) is 11.4 Å². The lowest BCUT2D eigenvalue weighted by molar-refractivity contribution is 0.0697. The molecule has 3 rings (SSSR count). The molecule has 0 atom stereocenters. The number of anilines is 2. The molecule has 0 amide bonds. The highest BCUT2D eigenvalue weighted by atomic mass is 16.4. The molecule has 0 aliphatic carbocycles. The van der Waals surface area contributed by atoms with Gasteiger partial charge in [0.1, 0.15) is 5.82 Å². The molecule has 0 radical (unpaired) electrons. The molecule has 5 nitrogen and oxygen atoms in total. The molecule has 24 heavy (non-hydrogen) atoms. The van der Waals surface area contributed by atoms with Gasteiger partial charge < -0.3 is 10.4 Å². The molecule has 0 bridgehead atoms. The average molecular weight is 319 g/mol. The molecule has 0 saturated heterocycles. The van der Waals surface area contributed by atoms with E-state index in [1.54, 1.807) is 18.2 Å². The number of hydrogen-bond donors (Lipinski definition) is 2. The fraction of sp³-hybridized carbons (Fsp3) is 0.105. The molecule has 1 aromatic heterocycles. The molecule has 0 saturated carbocycles. The Morgan fingerprint density at radius 3 is 2.46 bits per heavy atom. The summed E-state index contributed by atoms with van der Waals surface area (Å²) in [6.45, 7) is 3.87. The predicted molar refractivity (Wildman–Crippen MR) is 93.6 cm³/mol. The van der Waals surface area contributed by atoms with Gasteiger partial charge in [-0.3, -0.25) is 0 Å². The van der Waals surface area contributed by atoms with Gasteiger partial charge in [0.25, 0.3) is 0 Å². The fourth-order valence-corrected chi connectivity index (χ4v) is 2.33. The Morgan fingerprint density at radius 2 is 1.75 bits per heavy atom. The van der Waals surface area contributed by atoms with Crippen LogP contribution in [0.1, 0.15) is 21.6 Å². The fourth-order valence-electron chi connectivity index (χ4n) is 2.33. The summed E-state index contributed by atoms with van der Waals surface area (Å²) in [5.74, 6) is 0.346. The molecule has 120 valence electrons. The summed E-state index contributed by atoms with van der Waals surface area (Å²) in [6, 6.07) is 16.4. The maximum atomic E-state index is 11.1. The first-order chi connectivity index (χ1) is 11.5. The first-order valence-corrected chi connectivity index (χ1v) is 7.55. The van der Waals surface area contributed by atoms with Gasteiger partial charge in [0.05, 0.1) is 5.56 Å².